The molecule has 38 heavy (non-hydrogen) atoms. The first kappa shape index (κ1) is 25.3. The molecule has 188 valence electrons. The Morgan fingerprint density at radius 1 is 0.763 bits per heavy atom. The van der Waals surface area contributed by atoms with E-state index in [4.69, 9.17) is 0 Å². The van der Waals surface area contributed by atoms with Crippen molar-refractivity contribution in [1.29, 1.82) is 0 Å². The first-order valence-electron chi connectivity index (χ1n) is 13.1. The topological polar surface area (TPSA) is 8.17 Å². The standard InChI is InChI=1S/C33H26N2S.C2H6/c1-3-12-26(13-4-2)35-30-19-11-10-18-29(30)33-31(35)23-32(36-33)34(27-16-6-5-7-17-27)28-21-20-24-14-8-9-15-25(24)22-28;1-2/h3-23H,1H2,2H3;1-2H3/b13-4-,26-12+;. The van der Waals surface area contributed by atoms with Crippen molar-refractivity contribution in [2.45, 2.75) is 20.8 Å². The van der Waals surface area contributed by atoms with Gasteiger partial charge in [0.2, 0.25) is 0 Å². The molecule has 0 atom stereocenters. The molecule has 0 fully saturated rings. The highest BCUT2D eigenvalue weighted by Crippen LogP contribution is 2.46. The van der Waals surface area contributed by atoms with Crippen LogP contribution < -0.4 is 4.90 Å². The Bertz CT molecular complexity index is 1770. The lowest BCUT2D eigenvalue weighted by molar-refractivity contribution is 1.23. The number of fused-ring (bicyclic) bond motifs is 4. The van der Waals surface area contributed by atoms with E-state index in [9.17, 15) is 0 Å². The number of benzene rings is 4. The maximum atomic E-state index is 3.96. The Morgan fingerprint density at radius 2 is 1.47 bits per heavy atom. The zero-order valence-electron chi connectivity index (χ0n) is 22.1. The molecule has 0 aliphatic heterocycles. The summed E-state index contributed by atoms with van der Waals surface area (Å²) in [6.07, 6.45) is 8.15. The largest absolute Gasteiger partial charge is 0.308 e. The number of thiophene rings is 1. The average molecular weight is 513 g/mol. The summed E-state index contributed by atoms with van der Waals surface area (Å²) in [6.45, 7) is 10.0. The predicted octanol–water partition coefficient (Wildman–Crippen LogP) is 11.1. The van der Waals surface area contributed by atoms with Crippen LogP contribution in [-0.2, 0) is 0 Å². The summed E-state index contributed by atoms with van der Waals surface area (Å²) in [4.78, 5) is 2.36. The Labute approximate surface area is 229 Å². The van der Waals surface area contributed by atoms with E-state index in [-0.39, 0.29) is 0 Å². The quantitative estimate of drug-likeness (QED) is 0.201. The highest BCUT2D eigenvalue weighted by atomic mass is 32.1. The van der Waals surface area contributed by atoms with Crippen molar-refractivity contribution in [3.8, 4) is 0 Å². The Balaban J connectivity index is 0.00000144. The molecule has 0 amide bonds. The van der Waals surface area contributed by atoms with E-state index in [0.717, 1.165) is 17.1 Å². The fourth-order valence-electron chi connectivity index (χ4n) is 4.90. The number of anilines is 3. The number of nitrogens with zero attached hydrogens (tertiary/aromatic N) is 2. The Morgan fingerprint density at radius 3 is 2.24 bits per heavy atom. The number of rotatable bonds is 6. The number of allylic oxidation sites excluding steroid dienone is 5. The third kappa shape index (κ3) is 4.57. The molecule has 0 spiro atoms. The van der Waals surface area contributed by atoms with Gasteiger partial charge in [-0.1, -0.05) is 99.3 Å². The zero-order valence-corrected chi connectivity index (χ0v) is 23.0. The van der Waals surface area contributed by atoms with Gasteiger partial charge in [0.25, 0.3) is 0 Å². The van der Waals surface area contributed by atoms with Crippen LogP contribution in [0.15, 0.2) is 134 Å². The lowest BCUT2D eigenvalue weighted by Gasteiger charge is -2.24. The molecular weight excluding hydrogens is 480 g/mol. The molecule has 0 saturated carbocycles. The molecule has 4 aromatic carbocycles. The number of para-hydroxylation sites is 2. The molecule has 6 rings (SSSR count). The van der Waals surface area contributed by atoms with Crippen molar-refractivity contribution in [2.75, 3.05) is 4.90 Å². The first-order valence-corrected chi connectivity index (χ1v) is 13.9. The second-order valence-electron chi connectivity index (χ2n) is 8.68. The molecule has 2 nitrogen and oxygen atoms in total. The van der Waals surface area contributed by atoms with Gasteiger partial charge < -0.3 is 9.47 Å². The van der Waals surface area contributed by atoms with Crippen molar-refractivity contribution < 1.29 is 0 Å². The van der Waals surface area contributed by atoms with Crippen LogP contribution in [0.1, 0.15) is 20.8 Å². The summed E-state index contributed by atoms with van der Waals surface area (Å²) in [5, 5.41) is 4.92. The molecule has 3 heteroatoms. The van der Waals surface area contributed by atoms with E-state index in [1.807, 2.05) is 31.3 Å². The van der Waals surface area contributed by atoms with Gasteiger partial charge in [-0.3, -0.25) is 0 Å². The van der Waals surface area contributed by atoms with Gasteiger partial charge in [-0.25, -0.2) is 0 Å². The predicted molar refractivity (Wildman–Crippen MR) is 170 cm³/mol. The van der Waals surface area contributed by atoms with Crippen molar-refractivity contribution in [2.24, 2.45) is 0 Å². The van der Waals surface area contributed by atoms with Crippen LogP contribution in [0.3, 0.4) is 0 Å². The second-order valence-corrected chi connectivity index (χ2v) is 9.71. The summed E-state index contributed by atoms with van der Waals surface area (Å²) in [5.74, 6) is 0. The van der Waals surface area contributed by atoms with Crippen LogP contribution >= 0.6 is 11.3 Å². The zero-order chi connectivity index (χ0) is 26.5. The fourth-order valence-corrected chi connectivity index (χ4v) is 6.12. The minimum atomic E-state index is 1.10. The van der Waals surface area contributed by atoms with E-state index in [0.29, 0.717) is 0 Å². The smallest absolute Gasteiger partial charge is 0.103 e. The second kappa shape index (κ2) is 11.4. The maximum absolute atomic E-state index is 3.96. The molecule has 0 unspecified atom stereocenters. The summed E-state index contributed by atoms with van der Waals surface area (Å²) in [5.41, 5.74) is 5.79. The van der Waals surface area contributed by atoms with E-state index in [1.165, 1.54) is 36.9 Å². The van der Waals surface area contributed by atoms with Gasteiger partial charge in [0, 0.05) is 22.5 Å². The third-order valence-corrected chi connectivity index (χ3v) is 7.58. The van der Waals surface area contributed by atoms with Crippen LogP contribution in [-0.4, -0.2) is 4.57 Å². The molecule has 0 N–H and O–H groups in total. The number of hydrogen-bond donors (Lipinski definition) is 0. The minimum absolute atomic E-state index is 1.10. The molecule has 0 aliphatic carbocycles. The summed E-state index contributed by atoms with van der Waals surface area (Å²) < 4.78 is 3.62. The molecule has 6 aromatic rings. The van der Waals surface area contributed by atoms with Crippen molar-refractivity contribution in [3.05, 3.63) is 134 Å². The molecular formula is C35H32N2S. The van der Waals surface area contributed by atoms with Gasteiger partial charge in [0.1, 0.15) is 5.00 Å². The third-order valence-electron chi connectivity index (χ3n) is 6.44. The van der Waals surface area contributed by atoms with Crippen LogP contribution in [0, 0.1) is 0 Å². The molecule has 0 bridgehead atoms. The summed E-state index contributed by atoms with van der Waals surface area (Å²) in [6, 6.07) is 36.8. The number of aromatic nitrogens is 1. The lowest BCUT2D eigenvalue weighted by Crippen LogP contribution is -2.08. The summed E-state index contributed by atoms with van der Waals surface area (Å²) in [7, 11) is 0. The van der Waals surface area contributed by atoms with Gasteiger partial charge in [-0.2, -0.15) is 0 Å². The first-order chi connectivity index (χ1) is 18.8. The van der Waals surface area contributed by atoms with E-state index in [1.54, 1.807) is 0 Å². The van der Waals surface area contributed by atoms with Gasteiger partial charge in [-0.15, -0.1) is 11.3 Å². The molecule has 0 saturated heterocycles. The minimum Gasteiger partial charge on any atom is -0.308 e. The maximum Gasteiger partial charge on any atom is 0.103 e. The van der Waals surface area contributed by atoms with Crippen LogP contribution in [0.5, 0.6) is 0 Å². The van der Waals surface area contributed by atoms with E-state index >= 15 is 0 Å². The van der Waals surface area contributed by atoms with Gasteiger partial charge in [-0.05, 0) is 66.2 Å². The van der Waals surface area contributed by atoms with E-state index < -0.39 is 0 Å². The fraction of sp³-hybridized carbons (Fsp3) is 0.0857. The molecule has 0 aliphatic rings. The summed E-state index contributed by atoms with van der Waals surface area (Å²) >= 11 is 1.83. The molecule has 2 heterocycles. The number of hydrogen-bond acceptors (Lipinski definition) is 2. The van der Waals surface area contributed by atoms with E-state index in [2.05, 4.69) is 144 Å². The lowest BCUT2D eigenvalue weighted by atomic mass is 10.1. The van der Waals surface area contributed by atoms with Crippen molar-refractivity contribution in [1.82, 2.24) is 4.57 Å². The SMILES string of the molecule is C=C/C=C(\C=C/C)n1c2ccccc2c2sc(N(c3ccccc3)c3ccc4ccccc4c3)cc21.CC. The highest BCUT2D eigenvalue weighted by molar-refractivity contribution is 7.24. The van der Waals surface area contributed by atoms with Gasteiger partial charge in [0.05, 0.1) is 15.7 Å². The Hall–Kier alpha value is -4.34. The average Bonchev–Trinajstić information content (AvgIpc) is 3.52. The van der Waals surface area contributed by atoms with Crippen LogP contribution in [0.25, 0.3) is 37.6 Å². The highest BCUT2D eigenvalue weighted by Gasteiger charge is 2.20. The van der Waals surface area contributed by atoms with Crippen LogP contribution in [0.4, 0.5) is 16.4 Å². The van der Waals surface area contributed by atoms with Gasteiger partial charge >= 0.3 is 0 Å². The molecule has 0 radical (unpaired) electrons. The van der Waals surface area contributed by atoms with Crippen LogP contribution in [0.2, 0.25) is 0 Å². The molecule has 2 aromatic heterocycles. The Kier molecular flexibility index (Phi) is 7.57. The van der Waals surface area contributed by atoms with Gasteiger partial charge in [0.15, 0.2) is 0 Å². The van der Waals surface area contributed by atoms with Crippen molar-refractivity contribution in [3.63, 3.8) is 0 Å². The van der Waals surface area contributed by atoms with Crippen molar-refractivity contribution >= 4 is 65.3 Å². The monoisotopic (exact) mass is 512 g/mol. The normalized spacial score (nSPS) is 11.7.